The van der Waals surface area contributed by atoms with Crippen LogP contribution in [0.25, 0.3) is 0 Å². The number of anilines is 2. The number of nitrogens with one attached hydrogen (secondary N) is 2. The number of aromatic nitrogens is 1. The summed E-state index contributed by atoms with van der Waals surface area (Å²) in [7, 11) is 0. The van der Waals surface area contributed by atoms with E-state index in [4.69, 9.17) is 0 Å². The maximum atomic E-state index is 4.37. The summed E-state index contributed by atoms with van der Waals surface area (Å²) in [6, 6.07) is 4.51. The highest BCUT2D eigenvalue weighted by atomic mass is 15.1. The molecule has 1 unspecified atom stereocenters. The summed E-state index contributed by atoms with van der Waals surface area (Å²) < 4.78 is 0. The molecule has 0 bridgehead atoms. The first kappa shape index (κ1) is 10.3. The Labute approximate surface area is 91.3 Å². The zero-order chi connectivity index (χ0) is 10.9. The lowest BCUT2D eigenvalue weighted by Gasteiger charge is -2.30. The van der Waals surface area contributed by atoms with E-state index in [1.807, 2.05) is 12.3 Å². The first-order valence-electron chi connectivity index (χ1n) is 5.53. The van der Waals surface area contributed by atoms with Crippen LogP contribution in [0.1, 0.15) is 27.2 Å². The molecule has 1 atom stereocenters. The van der Waals surface area contributed by atoms with Crippen LogP contribution in [-0.4, -0.2) is 17.6 Å². The van der Waals surface area contributed by atoms with Gasteiger partial charge in [0.15, 0.2) is 0 Å². The van der Waals surface area contributed by atoms with Gasteiger partial charge in [-0.25, -0.2) is 4.98 Å². The van der Waals surface area contributed by atoms with E-state index in [0.29, 0.717) is 6.04 Å². The number of hydrogen-bond donors (Lipinski definition) is 2. The Morgan fingerprint density at radius 1 is 1.40 bits per heavy atom. The predicted molar refractivity (Wildman–Crippen MR) is 64.2 cm³/mol. The second kappa shape index (κ2) is 3.72. The van der Waals surface area contributed by atoms with E-state index in [1.165, 1.54) is 0 Å². The Balaban J connectivity index is 2.25. The first-order valence-corrected chi connectivity index (χ1v) is 5.53. The van der Waals surface area contributed by atoms with Crippen LogP contribution in [0.3, 0.4) is 0 Å². The number of hydrogen-bond acceptors (Lipinski definition) is 3. The van der Waals surface area contributed by atoms with Crippen LogP contribution < -0.4 is 10.6 Å². The lowest BCUT2D eigenvalue weighted by Crippen LogP contribution is -2.34. The molecule has 1 aliphatic rings. The molecule has 2 heterocycles. The minimum Gasteiger partial charge on any atom is -0.382 e. The van der Waals surface area contributed by atoms with Crippen LogP contribution in [0.5, 0.6) is 0 Å². The molecule has 2 rings (SSSR count). The normalized spacial score (nSPS) is 20.9. The Hall–Kier alpha value is -1.25. The average Bonchev–Trinajstić information content (AvgIpc) is 2.38. The zero-order valence-electron chi connectivity index (χ0n) is 9.67. The van der Waals surface area contributed by atoms with E-state index in [9.17, 15) is 0 Å². The highest BCUT2D eigenvalue weighted by Gasteiger charge is 2.26. The molecule has 0 saturated carbocycles. The van der Waals surface area contributed by atoms with Gasteiger partial charge in [-0.2, -0.15) is 0 Å². The molecular weight excluding hydrogens is 186 g/mol. The molecule has 0 spiro atoms. The summed E-state index contributed by atoms with van der Waals surface area (Å²) in [6.45, 7) is 7.80. The van der Waals surface area contributed by atoms with Gasteiger partial charge >= 0.3 is 0 Å². The Morgan fingerprint density at radius 2 is 2.20 bits per heavy atom. The van der Waals surface area contributed by atoms with Gasteiger partial charge in [0.2, 0.25) is 0 Å². The molecule has 3 nitrogen and oxygen atoms in total. The Kier molecular flexibility index (Phi) is 2.55. The van der Waals surface area contributed by atoms with E-state index in [1.54, 1.807) is 0 Å². The van der Waals surface area contributed by atoms with Crippen molar-refractivity contribution in [3.63, 3.8) is 0 Å². The molecule has 0 aromatic carbocycles. The van der Waals surface area contributed by atoms with Crippen LogP contribution in [-0.2, 0) is 0 Å². The maximum Gasteiger partial charge on any atom is 0.149 e. The molecular formula is C12H19N3. The van der Waals surface area contributed by atoms with Crippen LogP contribution in [0.2, 0.25) is 0 Å². The van der Waals surface area contributed by atoms with Gasteiger partial charge in [-0.1, -0.05) is 20.8 Å². The van der Waals surface area contributed by atoms with Gasteiger partial charge in [-0.15, -0.1) is 0 Å². The summed E-state index contributed by atoms with van der Waals surface area (Å²) in [5.74, 6) is 0.981. The third kappa shape index (κ3) is 2.22. The van der Waals surface area contributed by atoms with Gasteiger partial charge in [-0.3, -0.25) is 0 Å². The van der Waals surface area contributed by atoms with Crippen LogP contribution in [0.4, 0.5) is 11.5 Å². The van der Waals surface area contributed by atoms with Crippen molar-refractivity contribution in [2.24, 2.45) is 5.41 Å². The summed E-state index contributed by atoms with van der Waals surface area (Å²) in [6.07, 6.45) is 2.96. The molecule has 3 heteroatoms. The smallest absolute Gasteiger partial charge is 0.149 e. The van der Waals surface area contributed by atoms with Gasteiger partial charge in [-0.05, 0) is 24.0 Å². The fraction of sp³-hybridized carbons (Fsp3) is 0.583. The van der Waals surface area contributed by atoms with Crippen molar-refractivity contribution < 1.29 is 0 Å². The highest BCUT2D eigenvalue weighted by molar-refractivity contribution is 5.65. The van der Waals surface area contributed by atoms with Crippen molar-refractivity contribution >= 4 is 11.5 Å². The van der Waals surface area contributed by atoms with Gasteiger partial charge < -0.3 is 10.6 Å². The molecule has 0 saturated heterocycles. The fourth-order valence-electron chi connectivity index (χ4n) is 1.90. The van der Waals surface area contributed by atoms with Gasteiger partial charge in [0.1, 0.15) is 5.82 Å². The van der Waals surface area contributed by atoms with E-state index in [0.717, 1.165) is 24.5 Å². The Bertz CT molecular complexity index is 341. The number of rotatable bonds is 0. The van der Waals surface area contributed by atoms with E-state index in [2.05, 4.69) is 42.5 Å². The molecule has 15 heavy (non-hydrogen) atoms. The maximum absolute atomic E-state index is 4.37. The summed E-state index contributed by atoms with van der Waals surface area (Å²) in [5.41, 5.74) is 1.38. The topological polar surface area (TPSA) is 37.0 Å². The lowest BCUT2D eigenvalue weighted by atomic mass is 9.85. The standard InChI is InChI=1S/C12H19N3/c1-12(2,3)10-6-8-13-9-5-4-7-14-11(9)15-10/h4-5,7,10,13H,6,8H2,1-3H3,(H,14,15). The molecule has 2 N–H and O–H groups in total. The summed E-state index contributed by atoms with van der Waals surface area (Å²) in [4.78, 5) is 4.37. The van der Waals surface area contributed by atoms with E-state index < -0.39 is 0 Å². The van der Waals surface area contributed by atoms with Crippen molar-refractivity contribution in [2.75, 3.05) is 17.2 Å². The van der Waals surface area contributed by atoms with E-state index >= 15 is 0 Å². The molecule has 0 radical (unpaired) electrons. The molecule has 1 aromatic heterocycles. The molecule has 0 fully saturated rings. The number of nitrogens with zero attached hydrogens (tertiary/aromatic N) is 1. The van der Waals surface area contributed by atoms with Gasteiger partial charge in [0, 0.05) is 18.8 Å². The highest BCUT2D eigenvalue weighted by Crippen LogP contribution is 2.30. The van der Waals surface area contributed by atoms with Gasteiger partial charge in [0.05, 0.1) is 5.69 Å². The Morgan fingerprint density at radius 3 is 2.93 bits per heavy atom. The van der Waals surface area contributed by atoms with Crippen molar-refractivity contribution in [1.29, 1.82) is 0 Å². The molecule has 1 aliphatic heterocycles. The summed E-state index contributed by atoms with van der Waals surface area (Å²) in [5, 5.41) is 6.93. The molecule has 0 amide bonds. The van der Waals surface area contributed by atoms with Crippen LogP contribution in [0, 0.1) is 5.41 Å². The SMILES string of the molecule is CC(C)(C)C1CCNc2cccnc2N1. The monoisotopic (exact) mass is 205 g/mol. The third-order valence-corrected chi connectivity index (χ3v) is 2.91. The van der Waals surface area contributed by atoms with Crippen LogP contribution in [0.15, 0.2) is 18.3 Å². The largest absolute Gasteiger partial charge is 0.382 e. The van der Waals surface area contributed by atoms with E-state index in [-0.39, 0.29) is 5.41 Å². The van der Waals surface area contributed by atoms with Crippen molar-refractivity contribution in [3.8, 4) is 0 Å². The molecule has 82 valence electrons. The quantitative estimate of drug-likeness (QED) is 0.683. The molecule has 1 aromatic rings. The summed E-state index contributed by atoms with van der Waals surface area (Å²) >= 11 is 0. The number of pyridine rings is 1. The second-order valence-corrected chi connectivity index (χ2v) is 5.18. The zero-order valence-corrected chi connectivity index (χ0v) is 9.67. The lowest BCUT2D eigenvalue weighted by molar-refractivity contribution is 0.332. The van der Waals surface area contributed by atoms with Crippen molar-refractivity contribution in [2.45, 2.75) is 33.2 Å². The molecule has 0 aliphatic carbocycles. The van der Waals surface area contributed by atoms with Crippen molar-refractivity contribution in [1.82, 2.24) is 4.98 Å². The fourth-order valence-corrected chi connectivity index (χ4v) is 1.90. The van der Waals surface area contributed by atoms with Crippen molar-refractivity contribution in [3.05, 3.63) is 18.3 Å². The second-order valence-electron chi connectivity index (χ2n) is 5.18. The first-order chi connectivity index (χ1) is 7.07. The van der Waals surface area contributed by atoms with Gasteiger partial charge in [0.25, 0.3) is 0 Å². The average molecular weight is 205 g/mol. The number of fused-ring (bicyclic) bond motifs is 1. The van der Waals surface area contributed by atoms with Crippen LogP contribution >= 0.6 is 0 Å². The minimum atomic E-state index is 0.265. The predicted octanol–water partition coefficient (Wildman–Crippen LogP) is 2.72. The third-order valence-electron chi connectivity index (χ3n) is 2.91. The minimum absolute atomic E-state index is 0.265.